The molecule has 5 nitrogen and oxygen atoms in total. The lowest BCUT2D eigenvalue weighted by Gasteiger charge is -2.09. The summed E-state index contributed by atoms with van der Waals surface area (Å²) in [5, 5.41) is 5.03. The predicted octanol–water partition coefficient (Wildman–Crippen LogP) is 3.31. The first-order chi connectivity index (χ1) is 10.6. The number of hydrogen-bond acceptors (Lipinski definition) is 3. The van der Waals surface area contributed by atoms with Crippen LogP contribution in [0.3, 0.4) is 0 Å². The van der Waals surface area contributed by atoms with E-state index in [1.54, 1.807) is 24.5 Å². The number of halogens is 2. The largest absolute Gasteiger partial charge is 0.343 e. The normalized spacial score (nSPS) is 10.9. The zero-order chi connectivity index (χ0) is 15.7. The van der Waals surface area contributed by atoms with Gasteiger partial charge in [0, 0.05) is 40.9 Å². The zero-order valence-corrected chi connectivity index (χ0v) is 14.0. The van der Waals surface area contributed by atoms with Gasteiger partial charge in [0.1, 0.15) is 11.5 Å². The van der Waals surface area contributed by atoms with Crippen LogP contribution < -0.4 is 5.32 Å². The number of hydrogen-bond donors (Lipinski definition) is 1. The van der Waals surface area contributed by atoms with Crippen LogP contribution in [0.5, 0.6) is 0 Å². The topological polar surface area (TPSA) is 59.8 Å². The number of amides is 1. The second-order valence-corrected chi connectivity index (χ2v) is 5.95. The van der Waals surface area contributed by atoms with Gasteiger partial charge in [-0.15, -0.1) is 0 Å². The van der Waals surface area contributed by atoms with Gasteiger partial charge < -0.3 is 9.88 Å². The Hall–Kier alpha value is -1.92. The van der Waals surface area contributed by atoms with Crippen molar-refractivity contribution in [3.63, 3.8) is 0 Å². The lowest BCUT2D eigenvalue weighted by Crippen LogP contribution is -2.25. The molecule has 112 valence electrons. The molecule has 7 heteroatoms. The molecular formula is C15H12BrClN4O. The van der Waals surface area contributed by atoms with Crippen molar-refractivity contribution in [3.8, 4) is 0 Å². The molecule has 0 bridgehead atoms. The number of aryl methyl sites for hydroxylation is 1. The maximum absolute atomic E-state index is 12.4. The first-order valence-electron chi connectivity index (χ1n) is 6.55. The highest BCUT2D eigenvalue weighted by atomic mass is 79.9. The van der Waals surface area contributed by atoms with Crippen molar-refractivity contribution in [1.29, 1.82) is 0 Å². The number of nitrogens with zero attached hydrogens (tertiary/aromatic N) is 3. The predicted molar refractivity (Wildman–Crippen MR) is 88.8 cm³/mol. The minimum absolute atomic E-state index is 0.247. The smallest absolute Gasteiger partial charge is 0.270 e. The monoisotopic (exact) mass is 378 g/mol. The standard InChI is InChI=1S/C15H12BrClN4O/c1-21-7-6-18-12(21)8-20-15(22)14-10-2-3-11(17)13(16)9(10)4-5-19-14/h2-7H,8H2,1H3,(H,20,22). The van der Waals surface area contributed by atoms with Gasteiger partial charge >= 0.3 is 0 Å². The Morgan fingerprint density at radius 3 is 2.82 bits per heavy atom. The van der Waals surface area contributed by atoms with Crippen molar-refractivity contribution in [3.05, 3.63) is 57.8 Å². The van der Waals surface area contributed by atoms with Crippen LogP contribution in [-0.4, -0.2) is 20.4 Å². The fourth-order valence-electron chi connectivity index (χ4n) is 2.18. The van der Waals surface area contributed by atoms with E-state index in [9.17, 15) is 4.79 Å². The number of benzene rings is 1. The number of rotatable bonds is 3. The lowest BCUT2D eigenvalue weighted by atomic mass is 10.1. The third-order valence-corrected chi connectivity index (χ3v) is 4.77. The molecule has 0 saturated carbocycles. The van der Waals surface area contributed by atoms with Gasteiger partial charge in [0.25, 0.3) is 5.91 Å². The van der Waals surface area contributed by atoms with Gasteiger partial charge in [0.2, 0.25) is 0 Å². The number of imidazole rings is 1. The third kappa shape index (κ3) is 2.71. The van der Waals surface area contributed by atoms with E-state index in [1.807, 2.05) is 23.9 Å². The maximum Gasteiger partial charge on any atom is 0.270 e. The highest BCUT2D eigenvalue weighted by Gasteiger charge is 2.14. The van der Waals surface area contributed by atoms with Crippen LogP contribution in [-0.2, 0) is 13.6 Å². The SMILES string of the molecule is Cn1ccnc1CNC(=O)c1nccc2c(Br)c(Cl)ccc12. The first kappa shape index (κ1) is 15.0. The Morgan fingerprint density at radius 1 is 1.27 bits per heavy atom. The van der Waals surface area contributed by atoms with Crippen molar-refractivity contribution in [2.75, 3.05) is 0 Å². The summed E-state index contributed by atoms with van der Waals surface area (Å²) in [5.41, 5.74) is 0.365. The van der Waals surface area contributed by atoms with E-state index in [2.05, 4.69) is 31.2 Å². The molecule has 1 aromatic carbocycles. The molecule has 2 aromatic heterocycles. The molecule has 0 spiro atoms. The van der Waals surface area contributed by atoms with E-state index in [4.69, 9.17) is 11.6 Å². The molecule has 0 fully saturated rings. The van der Waals surface area contributed by atoms with Crippen LogP contribution in [0.25, 0.3) is 10.8 Å². The highest BCUT2D eigenvalue weighted by Crippen LogP contribution is 2.31. The second-order valence-electron chi connectivity index (χ2n) is 4.75. The van der Waals surface area contributed by atoms with Crippen LogP contribution in [0.15, 0.2) is 41.3 Å². The van der Waals surface area contributed by atoms with Gasteiger partial charge in [-0.3, -0.25) is 9.78 Å². The number of fused-ring (bicyclic) bond motifs is 1. The van der Waals surface area contributed by atoms with Crippen molar-refractivity contribution in [2.24, 2.45) is 7.05 Å². The van der Waals surface area contributed by atoms with Crippen molar-refractivity contribution < 1.29 is 4.79 Å². The van der Waals surface area contributed by atoms with Gasteiger partial charge in [0.15, 0.2) is 0 Å². The minimum atomic E-state index is -0.247. The number of carbonyl (C=O) groups excluding carboxylic acids is 1. The summed E-state index contributed by atoms with van der Waals surface area (Å²) < 4.78 is 2.61. The van der Waals surface area contributed by atoms with Gasteiger partial charge in [-0.05, 0) is 28.1 Å². The average molecular weight is 380 g/mol. The molecule has 3 rings (SSSR count). The van der Waals surface area contributed by atoms with Gasteiger partial charge in [-0.1, -0.05) is 17.7 Å². The molecule has 0 aliphatic carbocycles. The van der Waals surface area contributed by atoms with Gasteiger partial charge in [-0.25, -0.2) is 4.98 Å². The van der Waals surface area contributed by atoms with E-state index in [1.165, 1.54) is 0 Å². The van der Waals surface area contributed by atoms with Crippen LogP contribution in [0.2, 0.25) is 5.02 Å². The van der Waals surface area contributed by atoms with E-state index < -0.39 is 0 Å². The molecule has 0 aliphatic heterocycles. The molecule has 0 aliphatic rings. The summed E-state index contributed by atoms with van der Waals surface area (Å²) in [6, 6.07) is 5.36. The fourth-order valence-corrected chi connectivity index (χ4v) is 2.83. The quantitative estimate of drug-likeness (QED) is 0.759. The van der Waals surface area contributed by atoms with Crippen LogP contribution in [0.1, 0.15) is 16.3 Å². The molecular weight excluding hydrogens is 368 g/mol. The minimum Gasteiger partial charge on any atom is -0.343 e. The Morgan fingerprint density at radius 2 is 2.09 bits per heavy atom. The van der Waals surface area contributed by atoms with E-state index >= 15 is 0 Å². The van der Waals surface area contributed by atoms with E-state index in [-0.39, 0.29) is 5.91 Å². The average Bonchev–Trinajstić information content (AvgIpc) is 2.93. The number of pyridine rings is 1. The summed E-state index contributed by atoms with van der Waals surface area (Å²) in [5.74, 6) is 0.528. The molecule has 1 N–H and O–H groups in total. The first-order valence-corrected chi connectivity index (χ1v) is 7.72. The van der Waals surface area contributed by atoms with Crippen molar-refractivity contribution in [2.45, 2.75) is 6.54 Å². The second kappa shape index (κ2) is 6.06. The van der Waals surface area contributed by atoms with E-state index in [0.29, 0.717) is 17.3 Å². The Labute approximate surface area is 140 Å². The van der Waals surface area contributed by atoms with Crippen molar-refractivity contribution >= 4 is 44.2 Å². The summed E-state index contributed by atoms with van der Waals surface area (Å²) >= 11 is 9.53. The molecule has 0 radical (unpaired) electrons. The summed E-state index contributed by atoms with van der Waals surface area (Å²) in [6.45, 7) is 0.342. The van der Waals surface area contributed by atoms with E-state index in [0.717, 1.165) is 21.1 Å². The maximum atomic E-state index is 12.4. The Balaban J connectivity index is 1.91. The number of nitrogens with one attached hydrogen (secondary N) is 1. The highest BCUT2D eigenvalue weighted by molar-refractivity contribution is 9.10. The number of carbonyl (C=O) groups is 1. The van der Waals surface area contributed by atoms with Crippen LogP contribution >= 0.6 is 27.5 Å². The molecule has 2 heterocycles. The molecule has 22 heavy (non-hydrogen) atoms. The molecule has 1 amide bonds. The Bertz CT molecular complexity index is 862. The van der Waals surface area contributed by atoms with Crippen molar-refractivity contribution in [1.82, 2.24) is 19.9 Å². The van der Waals surface area contributed by atoms with Gasteiger partial charge in [-0.2, -0.15) is 0 Å². The fraction of sp³-hybridized carbons (Fsp3) is 0.133. The number of aromatic nitrogens is 3. The lowest BCUT2D eigenvalue weighted by molar-refractivity contribution is 0.0946. The summed E-state index contributed by atoms with van der Waals surface area (Å²) in [7, 11) is 1.88. The molecule has 0 unspecified atom stereocenters. The molecule has 3 aromatic rings. The third-order valence-electron chi connectivity index (χ3n) is 3.38. The molecule has 0 atom stereocenters. The van der Waals surface area contributed by atoms with Gasteiger partial charge in [0.05, 0.1) is 11.6 Å². The summed E-state index contributed by atoms with van der Waals surface area (Å²) in [4.78, 5) is 20.8. The molecule has 0 saturated heterocycles. The van der Waals surface area contributed by atoms with Crippen LogP contribution in [0.4, 0.5) is 0 Å². The van der Waals surface area contributed by atoms with Crippen LogP contribution in [0, 0.1) is 0 Å². The summed E-state index contributed by atoms with van der Waals surface area (Å²) in [6.07, 6.45) is 5.12. The zero-order valence-electron chi connectivity index (χ0n) is 11.7. The Kier molecular flexibility index (Phi) is 4.13.